The van der Waals surface area contributed by atoms with Crippen molar-refractivity contribution in [3.8, 4) is 0 Å². The SMILES string of the molecule is CC1=C(C)[C@](C)(CC/C(C)=C\COP(=O)(O)OP(=O)(O)O)[C@H](C)[C@H]1C. The maximum atomic E-state index is 11.4. The average Bonchev–Trinajstić information content (AvgIpc) is 2.59. The zero-order valence-electron chi connectivity index (χ0n) is 15.7. The molecule has 0 radical (unpaired) electrons. The molecule has 0 aromatic heterocycles. The van der Waals surface area contributed by atoms with Gasteiger partial charge in [-0.1, -0.05) is 43.6 Å². The van der Waals surface area contributed by atoms with Crippen LogP contribution in [0, 0.1) is 17.3 Å². The summed E-state index contributed by atoms with van der Waals surface area (Å²) in [6.45, 7) is 12.8. The zero-order valence-corrected chi connectivity index (χ0v) is 17.5. The molecule has 0 aromatic rings. The van der Waals surface area contributed by atoms with E-state index < -0.39 is 15.6 Å². The minimum atomic E-state index is -5.08. The van der Waals surface area contributed by atoms with Crippen LogP contribution in [0.15, 0.2) is 22.8 Å². The fraction of sp³-hybridized carbons (Fsp3) is 0.750. The molecule has 146 valence electrons. The summed E-state index contributed by atoms with van der Waals surface area (Å²) in [7, 11) is -9.85. The Morgan fingerprint density at radius 1 is 1.24 bits per heavy atom. The Hall–Kier alpha value is -0.260. The van der Waals surface area contributed by atoms with Gasteiger partial charge in [0.1, 0.15) is 0 Å². The van der Waals surface area contributed by atoms with Crippen molar-refractivity contribution in [2.24, 2.45) is 17.3 Å². The average molecular weight is 396 g/mol. The molecule has 0 amide bonds. The lowest BCUT2D eigenvalue weighted by atomic mass is 9.71. The zero-order chi connectivity index (χ0) is 19.6. The topological polar surface area (TPSA) is 113 Å². The molecule has 1 unspecified atom stereocenters. The molecular weight excluding hydrogens is 366 g/mol. The molecule has 1 aliphatic rings. The van der Waals surface area contributed by atoms with E-state index in [-0.39, 0.29) is 12.0 Å². The van der Waals surface area contributed by atoms with Gasteiger partial charge in [-0.05, 0) is 50.9 Å². The van der Waals surface area contributed by atoms with Crippen LogP contribution >= 0.6 is 15.6 Å². The summed E-state index contributed by atoms with van der Waals surface area (Å²) in [5.74, 6) is 1.11. The third kappa shape index (κ3) is 6.14. The smallest absolute Gasteiger partial charge is 0.302 e. The Kier molecular flexibility index (Phi) is 7.45. The van der Waals surface area contributed by atoms with E-state index in [0.717, 1.165) is 18.4 Å². The van der Waals surface area contributed by atoms with Crippen LogP contribution in [0.25, 0.3) is 0 Å². The van der Waals surface area contributed by atoms with Crippen molar-refractivity contribution >= 4 is 15.6 Å². The predicted molar refractivity (Wildman–Crippen MR) is 96.7 cm³/mol. The van der Waals surface area contributed by atoms with Gasteiger partial charge in [0.15, 0.2) is 0 Å². The van der Waals surface area contributed by atoms with Gasteiger partial charge in [-0.3, -0.25) is 4.52 Å². The largest absolute Gasteiger partial charge is 0.481 e. The molecule has 0 spiro atoms. The predicted octanol–water partition coefficient (Wildman–Crippen LogP) is 4.57. The van der Waals surface area contributed by atoms with Gasteiger partial charge in [-0.15, -0.1) is 0 Å². The highest BCUT2D eigenvalue weighted by Gasteiger charge is 2.42. The lowest BCUT2D eigenvalue weighted by Gasteiger charge is -2.33. The second kappa shape index (κ2) is 8.18. The molecule has 0 heterocycles. The molecule has 0 bridgehead atoms. The van der Waals surface area contributed by atoms with Gasteiger partial charge in [-0.25, -0.2) is 9.13 Å². The standard InChI is InChI=1S/C16H30O7P2/c1-11(8-10-22-25(20,21)23-24(17,18)19)7-9-16(6)14(4)12(2)13(3)15(16)5/h8,12,14H,7,9-10H2,1-6H3,(H,20,21)(H2,17,18,19)/b11-8-/t12-,14+,16+/m0/s1. The van der Waals surface area contributed by atoms with Crippen LogP contribution in [0.3, 0.4) is 0 Å². The van der Waals surface area contributed by atoms with Crippen molar-refractivity contribution in [2.45, 2.75) is 54.4 Å². The van der Waals surface area contributed by atoms with Gasteiger partial charge in [0, 0.05) is 0 Å². The van der Waals surface area contributed by atoms with Gasteiger partial charge in [0.2, 0.25) is 0 Å². The van der Waals surface area contributed by atoms with Gasteiger partial charge < -0.3 is 14.7 Å². The van der Waals surface area contributed by atoms with Crippen LogP contribution in [-0.2, 0) is 18.0 Å². The van der Waals surface area contributed by atoms with Crippen molar-refractivity contribution < 1.29 is 32.6 Å². The van der Waals surface area contributed by atoms with Crippen molar-refractivity contribution in [3.63, 3.8) is 0 Å². The Balaban J connectivity index is 2.60. The first-order chi connectivity index (χ1) is 11.2. The molecule has 0 aromatic carbocycles. The minimum absolute atomic E-state index is 0.120. The highest BCUT2D eigenvalue weighted by molar-refractivity contribution is 7.60. The molecule has 9 heteroatoms. The number of phosphoric ester groups is 1. The lowest BCUT2D eigenvalue weighted by Crippen LogP contribution is -2.25. The van der Waals surface area contributed by atoms with Crippen LogP contribution in [0.4, 0.5) is 0 Å². The molecule has 3 N–H and O–H groups in total. The van der Waals surface area contributed by atoms with Crippen LogP contribution < -0.4 is 0 Å². The number of rotatable bonds is 8. The normalized spacial score (nSPS) is 30.7. The van der Waals surface area contributed by atoms with Gasteiger partial charge in [0.05, 0.1) is 6.61 Å². The molecular formula is C16H30O7P2. The molecule has 0 aliphatic heterocycles. The summed E-state index contributed by atoms with van der Waals surface area (Å²) >= 11 is 0. The van der Waals surface area contributed by atoms with Crippen molar-refractivity contribution in [3.05, 3.63) is 22.8 Å². The van der Waals surface area contributed by atoms with E-state index >= 15 is 0 Å². The molecule has 1 rings (SSSR count). The summed E-state index contributed by atoms with van der Waals surface area (Å²) in [6.07, 6.45) is 3.39. The maximum absolute atomic E-state index is 11.4. The van der Waals surface area contributed by atoms with Gasteiger partial charge in [0.25, 0.3) is 0 Å². The first-order valence-electron chi connectivity index (χ1n) is 8.27. The van der Waals surface area contributed by atoms with E-state index in [1.54, 1.807) is 6.08 Å². The van der Waals surface area contributed by atoms with E-state index in [0.29, 0.717) is 11.8 Å². The van der Waals surface area contributed by atoms with Crippen molar-refractivity contribution in [2.75, 3.05) is 6.61 Å². The van der Waals surface area contributed by atoms with E-state index in [1.165, 1.54) is 11.1 Å². The summed E-state index contributed by atoms with van der Waals surface area (Å²) < 4.78 is 30.3. The van der Waals surface area contributed by atoms with E-state index in [1.807, 2.05) is 6.92 Å². The van der Waals surface area contributed by atoms with Gasteiger partial charge >= 0.3 is 15.6 Å². The second-order valence-electron chi connectivity index (χ2n) is 7.19. The Morgan fingerprint density at radius 2 is 1.80 bits per heavy atom. The monoisotopic (exact) mass is 396 g/mol. The Bertz CT molecular complexity index is 649. The van der Waals surface area contributed by atoms with E-state index in [9.17, 15) is 14.0 Å². The first kappa shape index (κ1) is 22.8. The van der Waals surface area contributed by atoms with Crippen LogP contribution in [0.1, 0.15) is 54.4 Å². The third-order valence-corrected chi connectivity index (χ3v) is 7.96. The molecule has 1 aliphatic carbocycles. The molecule has 0 saturated carbocycles. The first-order valence-corrected chi connectivity index (χ1v) is 11.3. The number of hydrogen-bond donors (Lipinski definition) is 3. The maximum Gasteiger partial charge on any atom is 0.481 e. The molecule has 0 saturated heterocycles. The van der Waals surface area contributed by atoms with Crippen molar-refractivity contribution in [1.82, 2.24) is 0 Å². The van der Waals surface area contributed by atoms with Crippen LogP contribution in [0.5, 0.6) is 0 Å². The number of allylic oxidation sites excluding steroid dienone is 3. The fourth-order valence-electron chi connectivity index (χ4n) is 3.47. The number of phosphoric acid groups is 2. The Labute approximate surface area is 150 Å². The van der Waals surface area contributed by atoms with E-state index in [4.69, 9.17) is 9.79 Å². The molecule has 25 heavy (non-hydrogen) atoms. The summed E-state index contributed by atoms with van der Waals surface area (Å²) in [6, 6.07) is 0. The van der Waals surface area contributed by atoms with E-state index in [2.05, 4.69) is 43.5 Å². The van der Waals surface area contributed by atoms with Crippen molar-refractivity contribution in [1.29, 1.82) is 0 Å². The summed E-state index contributed by atoms with van der Waals surface area (Å²) in [5, 5.41) is 0. The van der Waals surface area contributed by atoms with Crippen LogP contribution in [-0.4, -0.2) is 21.3 Å². The quantitative estimate of drug-likeness (QED) is 0.407. The molecule has 7 nitrogen and oxygen atoms in total. The lowest BCUT2D eigenvalue weighted by molar-refractivity contribution is 0.190. The highest BCUT2D eigenvalue weighted by atomic mass is 31.3. The summed E-state index contributed by atoms with van der Waals surface area (Å²) in [4.78, 5) is 26.3. The molecule has 0 fully saturated rings. The van der Waals surface area contributed by atoms with Gasteiger partial charge in [-0.2, -0.15) is 4.31 Å². The fourth-order valence-corrected chi connectivity index (χ4v) is 4.99. The minimum Gasteiger partial charge on any atom is -0.302 e. The number of hydrogen-bond acceptors (Lipinski definition) is 4. The Morgan fingerprint density at radius 3 is 2.24 bits per heavy atom. The third-order valence-electron chi connectivity index (χ3n) is 5.80. The highest BCUT2D eigenvalue weighted by Crippen LogP contribution is 2.57. The summed E-state index contributed by atoms with van der Waals surface area (Å²) in [5.41, 5.74) is 3.99. The van der Waals surface area contributed by atoms with Crippen LogP contribution in [0.2, 0.25) is 0 Å². The second-order valence-corrected chi connectivity index (χ2v) is 10.0. The molecule has 4 atom stereocenters.